The Kier molecular flexibility index (Phi) is 14.5. The first-order chi connectivity index (χ1) is 24.7. The highest BCUT2D eigenvalue weighted by Crippen LogP contribution is 2.45. The van der Waals surface area contributed by atoms with Gasteiger partial charge in [0.25, 0.3) is 0 Å². The zero-order valence-electron chi connectivity index (χ0n) is 32.1. The molecule has 2 aromatic carbocycles. The molecule has 0 bridgehead atoms. The van der Waals surface area contributed by atoms with Crippen LogP contribution in [0.4, 0.5) is 0 Å². The quantitative estimate of drug-likeness (QED) is 0.129. The van der Waals surface area contributed by atoms with Gasteiger partial charge in [-0.2, -0.15) is 0 Å². The SMILES string of the molecule is COC1C[C@@H]2[C@@H](/C=C/[C@H](CCc3ccccc3)O[Si](C)(C)C(C)(C)C)[C@H](O)C[C@@H]2O1.OC1C[C@@H]2[C@@H](/C=C/[C@@H](O)CCc3ccccc3)[C@H](O)C[C@@H]2O1. The van der Waals surface area contributed by atoms with E-state index in [9.17, 15) is 20.4 Å². The van der Waals surface area contributed by atoms with Crippen LogP contribution in [-0.2, 0) is 31.5 Å². The Balaban J connectivity index is 0.000000210. The Labute approximate surface area is 313 Å². The number of rotatable bonds is 13. The molecule has 4 N–H and O–H groups in total. The minimum absolute atomic E-state index is 0.0338. The van der Waals surface area contributed by atoms with E-state index in [-0.39, 0.29) is 53.5 Å². The maximum atomic E-state index is 10.6. The van der Waals surface area contributed by atoms with Crippen molar-refractivity contribution in [3.05, 3.63) is 96.1 Å². The normalized spacial score (nSPS) is 32.9. The van der Waals surface area contributed by atoms with Gasteiger partial charge in [0.15, 0.2) is 20.9 Å². The fourth-order valence-corrected chi connectivity index (χ4v) is 9.37. The van der Waals surface area contributed by atoms with Crippen LogP contribution < -0.4 is 0 Å². The molecule has 0 radical (unpaired) electrons. The van der Waals surface area contributed by atoms with E-state index in [1.807, 2.05) is 24.3 Å². The largest absolute Gasteiger partial charge is 0.411 e. The van der Waals surface area contributed by atoms with Crippen LogP contribution in [0.2, 0.25) is 18.1 Å². The first-order valence-electron chi connectivity index (χ1n) is 19.4. The molecule has 2 aliphatic heterocycles. The lowest BCUT2D eigenvalue weighted by Crippen LogP contribution is -2.43. The van der Waals surface area contributed by atoms with Crippen LogP contribution >= 0.6 is 0 Å². The molecule has 0 aromatic heterocycles. The topological polar surface area (TPSA) is 118 Å². The summed E-state index contributed by atoms with van der Waals surface area (Å²) >= 11 is 0. The van der Waals surface area contributed by atoms with Gasteiger partial charge in [-0.05, 0) is 66.8 Å². The third kappa shape index (κ3) is 11.0. The lowest BCUT2D eigenvalue weighted by Gasteiger charge is -2.39. The summed E-state index contributed by atoms with van der Waals surface area (Å²) in [6.07, 6.45) is 12.2. The predicted molar refractivity (Wildman–Crippen MR) is 207 cm³/mol. The van der Waals surface area contributed by atoms with Crippen molar-refractivity contribution in [3.8, 4) is 0 Å². The number of ether oxygens (including phenoxy) is 3. The average Bonchev–Trinajstić information content (AvgIpc) is 3.83. The van der Waals surface area contributed by atoms with Crippen LogP contribution in [0.3, 0.4) is 0 Å². The lowest BCUT2D eigenvalue weighted by atomic mass is 9.91. The molecule has 4 aliphatic rings. The van der Waals surface area contributed by atoms with E-state index in [1.54, 1.807) is 13.2 Å². The third-order valence-electron chi connectivity index (χ3n) is 12.1. The molecule has 52 heavy (non-hydrogen) atoms. The Morgan fingerprint density at radius 2 is 1.27 bits per heavy atom. The number of aliphatic hydroxyl groups excluding tert-OH is 4. The second kappa shape index (κ2) is 18.4. The van der Waals surface area contributed by atoms with E-state index >= 15 is 0 Å². The molecule has 6 rings (SSSR count). The fourth-order valence-electron chi connectivity index (χ4n) is 8.06. The van der Waals surface area contributed by atoms with Gasteiger partial charge in [-0.3, -0.25) is 0 Å². The number of fused-ring (bicyclic) bond motifs is 2. The van der Waals surface area contributed by atoms with Crippen LogP contribution in [0.1, 0.15) is 70.4 Å². The van der Waals surface area contributed by atoms with E-state index in [0.29, 0.717) is 31.6 Å². The van der Waals surface area contributed by atoms with Gasteiger partial charge >= 0.3 is 0 Å². The third-order valence-corrected chi connectivity index (χ3v) is 16.6. The van der Waals surface area contributed by atoms with E-state index < -0.39 is 26.8 Å². The summed E-state index contributed by atoms with van der Waals surface area (Å²) in [6, 6.07) is 20.7. The molecule has 0 amide bonds. The van der Waals surface area contributed by atoms with Gasteiger partial charge in [0.1, 0.15) is 0 Å². The molecule has 0 spiro atoms. The first kappa shape index (κ1) is 41.0. The van der Waals surface area contributed by atoms with Gasteiger partial charge in [-0.1, -0.05) is 106 Å². The number of aryl methyl sites for hydroxylation is 2. The Hall–Kier alpha value is -2.18. The molecule has 2 saturated heterocycles. The second-order valence-corrected chi connectivity index (χ2v) is 21.6. The molecule has 2 saturated carbocycles. The first-order valence-corrected chi connectivity index (χ1v) is 22.3. The zero-order chi connectivity index (χ0) is 37.5. The number of benzene rings is 2. The van der Waals surface area contributed by atoms with Gasteiger partial charge in [-0.15, -0.1) is 0 Å². The van der Waals surface area contributed by atoms with Crippen molar-refractivity contribution >= 4 is 8.32 Å². The molecule has 4 fully saturated rings. The molecular formula is C43H64O8Si. The van der Waals surface area contributed by atoms with Crippen molar-refractivity contribution in [1.82, 2.24) is 0 Å². The van der Waals surface area contributed by atoms with Crippen molar-refractivity contribution in [3.63, 3.8) is 0 Å². The monoisotopic (exact) mass is 736 g/mol. The van der Waals surface area contributed by atoms with E-state index in [0.717, 1.165) is 25.7 Å². The number of methoxy groups -OCH3 is 1. The smallest absolute Gasteiger partial charge is 0.192 e. The molecule has 2 aromatic rings. The van der Waals surface area contributed by atoms with Crippen LogP contribution in [0, 0.1) is 23.7 Å². The maximum absolute atomic E-state index is 10.6. The minimum Gasteiger partial charge on any atom is -0.411 e. The summed E-state index contributed by atoms with van der Waals surface area (Å²) in [4.78, 5) is 0. The Morgan fingerprint density at radius 1 is 0.750 bits per heavy atom. The summed E-state index contributed by atoms with van der Waals surface area (Å²) < 4.78 is 23.5. The van der Waals surface area contributed by atoms with Crippen LogP contribution in [0.15, 0.2) is 85.0 Å². The molecule has 2 unspecified atom stereocenters. The predicted octanol–water partition coefficient (Wildman–Crippen LogP) is 6.96. The zero-order valence-corrected chi connectivity index (χ0v) is 33.1. The van der Waals surface area contributed by atoms with E-state index in [2.05, 4.69) is 88.5 Å². The Bertz CT molecular complexity index is 1410. The number of hydrogen-bond donors (Lipinski definition) is 4. The van der Waals surface area contributed by atoms with Crippen molar-refractivity contribution in [2.75, 3.05) is 7.11 Å². The van der Waals surface area contributed by atoms with Crippen molar-refractivity contribution in [1.29, 1.82) is 0 Å². The number of hydrogen-bond acceptors (Lipinski definition) is 8. The van der Waals surface area contributed by atoms with Gasteiger partial charge in [0, 0.05) is 44.6 Å². The Morgan fingerprint density at radius 3 is 1.83 bits per heavy atom. The second-order valence-electron chi connectivity index (χ2n) is 16.8. The van der Waals surface area contributed by atoms with Crippen LogP contribution in [-0.4, -0.2) is 85.1 Å². The van der Waals surface area contributed by atoms with Crippen molar-refractivity contribution in [2.45, 2.75) is 139 Å². The summed E-state index contributed by atoms with van der Waals surface area (Å²) in [5, 5.41) is 40.6. The van der Waals surface area contributed by atoms with Crippen LogP contribution in [0.25, 0.3) is 0 Å². The summed E-state index contributed by atoms with van der Waals surface area (Å²) in [5.74, 6) is 0.553. The van der Waals surface area contributed by atoms with Gasteiger partial charge in [0.2, 0.25) is 0 Å². The summed E-state index contributed by atoms with van der Waals surface area (Å²) in [7, 11) is -0.208. The molecule has 12 atom stereocenters. The highest BCUT2D eigenvalue weighted by atomic mass is 28.4. The lowest BCUT2D eigenvalue weighted by molar-refractivity contribution is -0.118. The molecular weight excluding hydrogens is 673 g/mol. The molecule has 9 heteroatoms. The van der Waals surface area contributed by atoms with E-state index in [4.69, 9.17) is 18.6 Å². The minimum atomic E-state index is -1.90. The molecule has 2 heterocycles. The van der Waals surface area contributed by atoms with Crippen molar-refractivity contribution < 1.29 is 39.1 Å². The standard InChI is InChI=1S/C25H40O4Si.C18H24O4/c1-25(2,3)30(5,6)29-19(13-12-18-10-8-7-9-11-18)14-15-20-21-16-24(27-4)28-23(21)17-22(20)26;19-13(7-6-12-4-2-1-3-5-12)8-9-14-15-10-18(21)22-17(15)11-16(14)20/h7-11,14-15,19-24,26H,12-13,16-17H2,1-6H3;1-5,8-9,13-21H,6-7,10-11H2/b15-14+;9-8+/t19-,20+,21+,22+,23-,24?;13-,14+,15+,16+,17-,18?/m00/s1. The van der Waals surface area contributed by atoms with Gasteiger partial charge < -0.3 is 39.1 Å². The van der Waals surface area contributed by atoms with Gasteiger partial charge in [-0.25, -0.2) is 0 Å². The van der Waals surface area contributed by atoms with Gasteiger partial charge in [0.05, 0.1) is 36.6 Å². The summed E-state index contributed by atoms with van der Waals surface area (Å²) in [5.41, 5.74) is 2.55. The summed E-state index contributed by atoms with van der Waals surface area (Å²) in [6.45, 7) is 11.5. The molecule has 288 valence electrons. The highest BCUT2D eigenvalue weighted by molar-refractivity contribution is 6.74. The highest BCUT2D eigenvalue weighted by Gasteiger charge is 2.49. The van der Waals surface area contributed by atoms with E-state index in [1.165, 1.54) is 11.1 Å². The molecule has 2 aliphatic carbocycles. The number of aliphatic hydroxyl groups is 4. The van der Waals surface area contributed by atoms with Crippen molar-refractivity contribution in [2.24, 2.45) is 23.7 Å². The molecule has 8 nitrogen and oxygen atoms in total. The average molecular weight is 737 g/mol. The van der Waals surface area contributed by atoms with Crippen LogP contribution in [0.5, 0.6) is 0 Å². The fraction of sp³-hybridized carbons (Fsp3) is 0.628. The maximum Gasteiger partial charge on any atom is 0.192 e.